The van der Waals surface area contributed by atoms with Crippen LogP contribution >= 0.6 is 11.3 Å². The zero-order chi connectivity index (χ0) is 20.1. The number of anilines is 1. The van der Waals surface area contributed by atoms with Crippen molar-refractivity contribution in [1.82, 2.24) is 10.2 Å². The molecular formula is C18H16FN3O4S2. The first-order valence-corrected chi connectivity index (χ1v) is 10.6. The summed E-state index contributed by atoms with van der Waals surface area (Å²) in [5.41, 5.74) is 1.20. The highest BCUT2D eigenvalue weighted by Gasteiger charge is 2.22. The standard InChI is InChI=1S/C18H16FN3O4S2/c1-26-15-8-4-12(5-9-15)10-16(23)20-17-21-22-18(27-17)28(24,25)11-13-2-6-14(19)7-3-13/h2-9H,10-11H2,1H3,(H,20,21,23). The maximum absolute atomic E-state index is 12.9. The Morgan fingerprint density at radius 2 is 1.71 bits per heavy atom. The maximum atomic E-state index is 12.9. The van der Waals surface area contributed by atoms with Gasteiger partial charge in [0.2, 0.25) is 25.2 Å². The van der Waals surface area contributed by atoms with Crippen LogP contribution in [0.3, 0.4) is 0 Å². The highest BCUT2D eigenvalue weighted by Crippen LogP contribution is 2.24. The zero-order valence-electron chi connectivity index (χ0n) is 14.8. The number of methoxy groups -OCH3 is 1. The third-order valence-electron chi connectivity index (χ3n) is 3.71. The number of nitrogens with one attached hydrogen (secondary N) is 1. The number of rotatable bonds is 7. The van der Waals surface area contributed by atoms with Gasteiger partial charge >= 0.3 is 0 Å². The van der Waals surface area contributed by atoms with Crippen LogP contribution in [0, 0.1) is 5.82 Å². The third-order valence-corrected chi connectivity index (χ3v) is 6.68. The Kier molecular flexibility index (Phi) is 6.00. The van der Waals surface area contributed by atoms with Gasteiger partial charge in [-0.05, 0) is 35.4 Å². The van der Waals surface area contributed by atoms with Gasteiger partial charge in [0, 0.05) is 0 Å². The van der Waals surface area contributed by atoms with Gasteiger partial charge in [-0.25, -0.2) is 12.8 Å². The van der Waals surface area contributed by atoms with E-state index in [1.54, 1.807) is 31.4 Å². The van der Waals surface area contributed by atoms with Crippen molar-refractivity contribution in [2.75, 3.05) is 12.4 Å². The second-order valence-electron chi connectivity index (χ2n) is 5.83. The van der Waals surface area contributed by atoms with Gasteiger partial charge in [-0.1, -0.05) is 35.6 Å². The van der Waals surface area contributed by atoms with Crippen molar-refractivity contribution in [1.29, 1.82) is 0 Å². The van der Waals surface area contributed by atoms with Gasteiger partial charge in [-0.15, -0.1) is 10.2 Å². The number of carbonyl (C=O) groups excluding carboxylic acids is 1. The molecule has 0 saturated carbocycles. The summed E-state index contributed by atoms with van der Waals surface area (Å²) in [4.78, 5) is 12.1. The lowest BCUT2D eigenvalue weighted by molar-refractivity contribution is -0.115. The van der Waals surface area contributed by atoms with Crippen molar-refractivity contribution in [3.63, 3.8) is 0 Å². The van der Waals surface area contributed by atoms with Gasteiger partial charge in [0.1, 0.15) is 11.6 Å². The molecule has 1 amide bonds. The number of ether oxygens (including phenoxy) is 1. The lowest BCUT2D eigenvalue weighted by Gasteiger charge is -2.03. The lowest BCUT2D eigenvalue weighted by Crippen LogP contribution is -2.14. The number of sulfone groups is 1. The van der Waals surface area contributed by atoms with E-state index < -0.39 is 15.7 Å². The fraction of sp³-hybridized carbons (Fsp3) is 0.167. The van der Waals surface area contributed by atoms with Crippen molar-refractivity contribution in [3.8, 4) is 5.75 Å². The molecule has 2 aromatic carbocycles. The van der Waals surface area contributed by atoms with Crippen LogP contribution in [0.4, 0.5) is 9.52 Å². The average molecular weight is 421 g/mol. The maximum Gasteiger partial charge on any atom is 0.234 e. The third kappa shape index (κ3) is 5.11. The van der Waals surface area contributed by atoms with Crippen LogP contribution in [-0.2, 0) is 26.8 Å². The topological polar surface area (TPSA) is 98.2 Å². The van der Waals surface area contributed by atoms with E-state index in [0.29, 0.717) is 11.3 Å². The van der Waals surface area contributed by atoms with Crippen LogP contribution in [0.15, 0.2) is 52.9 Å². The molecule has 0 fully saturated rings. The minimum Gasteiger partial charge on any atom is -0.497 e. The van der Waals surface area contributed by atoms with Crippen LogP contribution < -0.4 is 10.1 Å². The van der Waals surface area contributed by atoms with Crippen molar-refractivity contribution in [2.45, 2.75) is 16.5 Å². The molecule has 0 spiro atoms. The molecule has 0 aliphatic carbocycles. The summed E-state index contributed by atoms with van der Waals surface area (Å²) in [6, 6.07) is 12.2. The van der Waals surface area contributed by atoms with Crippen LogP contribution in [-0.4, -0.2) is 31.6 Å². The molecule has 0 aliphatic rings. The molecule has 28 heavy (non-hydrogen) atoms. The Labute approximate surface area is 165 Å². The zero-order valence-corrected chi connectivity index (χ0v) is 16.4. The van der Waals surface area contributed by atoms with Crippen molar-refractivity contribution in [3.05, 3.63) is 65.5 Å². The van der Waals surface area contributed by atoms with Gasteiger partial charge in [-0.3, -0.25) is 4.79 Å². The summed E-state index contributed by atoms with van der Waals surface area (Å²) < 4.78 is 42.6. The van der Waals surface area contributed by atoms with Crippen LogP contribution in [0.1, 0.15) is 11.1 Å². The Morgan fingerprint density at radius 1 is 1.07 bits per heavy atom. The average Bonchev–Trinajstić information content (AvgIpc) is 3.13. The van der Waals surface area contributed by atoms with Crippen molar-refractivity contribution >= 4 is 32.2 Å². The molecule has 1 aromatic heterocycles. The minimum atomic E-state index is -3.75. The summed E-state index contributed by atoms with van der Waals surface area (Å²) in [6.07, 6.45) is 0.0984. The molecule has 10 heteroatoms. The molecule has 3 rings (SSSR count). The lowest BCUT2D eigenvalue weighted by atomic mass is 10.1. The van der Waals surface area contributed by atoms with Crippen molar-refractivity contribution in [2.24, 2.45) is 0 Å². The van der Waals surface area contributed by atoms with Gasteiger partial charge in [-0.2, -0.15) is 0 Å². The molecule has 0 atom stereocenters. The van der Waals surface area contributed by atoms with E-state index in [9.17, 15) is 17.6 Å². The van der Waals surface area contributed by atoms with E-state index in [1.807, 2.05) is 0 Å². The van der Waals surface area contributed by atoms with E-state index in [4.69, 9.17) is 4.74 Å². The first kappa shape index (κ1) is 19.9. The molecule has 0 aliphatic heterocycles. The molecule has 7 nitrogen and oxygen atoms in total. The second-order valence-corrected chi connectivity index (χ2v) is 8.97. The summed E-state index contributed by atoms with van der Waals surface area (Å²) in [5, 5.41) is 10.0. The largest absolute Gasteiger partial charge is 0.497 e. The van der Waals surface area contributed by atoms with Crippen LogP contribution in [0.2, 0.25) is 0 Å². The van der Waals surface area contributed by atoms with E-state index in [2.05, 4.69) is 15.5 Å². The number of halogens is 1. The Hall–Kier alpha value is -2.85. The summed E-state index contributed by atoms with van der Waals surface area (Å²) >= 11 is 0.771. The number of carbonyl (C=O) groups is 1. The number of amides is 1. The predicted octanol–water partition coefficient (Wildman–Crippen LogP) is 2.84. The summed E-state index contributed by atoms with van der Waals surface area (Å²) in [6.45, 7) is 0. The molecule has 0 saturated heterocycles. The number of aromatic nitrogens is 2. The van der Waals surface area contributed by atoms with Crippen molar-refractivity contribution < 1.29 is 22.3 Å². The predicted molar refractivity (Wildman–Crippen MR) is 103 cm³/mol. The summed E-state index contributed by atoms with van der Waals surface area (Å²) in [5.74, 6) is -0.436. The Bertz CT molecular complexity index is 1060. The monoisotopic (exact) mass is 421 g/mol. The first-order chi connectivity index (χ1) is 13.4. The molecule has 0 radical (unpaired) electrons. The molecular weight excluding hydrogens is 405 g/mol. The van der Waals surface area contributed by atoms with Gasteiger partial charge in [0.15, 0.2) is 0 Å². The normalized spacial score (nSPS) is 11.2. The number of benzene rings is 2. The summed E-state index contributed by atoms with van der Waals surface area (Å²) in [7, 11) is -2.20. The Morgan fingerprint density at radius 3 is 2.36 bits per heavy atom. The van der Waals surface area contributed by atoms with Gasteiger partial charge < -0.3 is 10.1 Å². The van der Waals surface area contributed by atoms with Crippen LogP contribution in [0.5, 0.6) is 5.75 Å². The number of nitrogens with zero attached hydrogens (tertiary/aromatic N) is 2. The highest BCUT2D eigenvalue weighted by molar-refractivity contribution is 7.92. The second kappa shape index (κ2) is 8.44. The first-order valence-electron chi connectivity index (χ1n) is 8.09. The highest BCUT2D eigenvalue weighted by atomic mass is 32.2. The molecule has 146 valence electrons. The SMILES string of the molecule is COc1ccc(CC(=O)Nc2nnc(S(=O)(=O)Cc3ccc(F)cc3)s2)cc1. The van der Waals surface area contributed by atoms with Gasteiger partial charge in [0.25, 0.3) is 0 Å². The number of hydrogen-bond acceptors (Lipinski definition) is 7. The number of hydrogen-bond donors (Lipinski definition) is 1. The molecule has 1 N–H and O–H groups in total. The molecule has 1 heterocycles. The molecule has 3 aromatic rings. The minimum absolute atomic E-state index is 0.0937. The fourth-order valence-electron chi connectivity index (χ4n) is 2.34. The van der Waals surface area contributed by atoms with Crippen LogP contribution in [0.25, 0.3) is 0 Å². The Balaban J connectivity index is 1.63. The molecule has 0 unspecified atom stereocenters. The smallest absolute Gasteiger partial charge is 0.234 e. The van der Waals surface area contributed by atoms with E-state index in [1.165, 1.54) is 24.3 Å². The quantitative estimate of drug-likeness (QED) is 0.589. The molecule has 0 bridgehead atoms. The fourth-order valence-corrected chi connectivity index (χ4v) is 4.67. The van der Waals surface area contributed by atoms with Gasteiger partial charge in [0.05, 0.1) is 19.3 Å². The van der Waals surface area contributed by atoms with E-state index in [0.717, 1.165) is 16.9 Å². The van der Waals surface area contributed by atoms with E-state index in [-0.39, 0.29) is 27.6 Å². The van der Waals surface area contributed by atoms with E-state index >= 15 is 0 Å².